The molecule has 4 aromatic rings. The standard InChI is InChI=1S/C23H18N2O/c1-16-8-2-5-11-19(16)23(26)25-24-15-22-20-12-6-3-9-17(20)14-18-10-4-7-13-21(18)22/h2-15H,1H3,(H,25,26)/b24-15+. The molecule has 0 saturated carbocycles. The van der Waals surface area contributed by atoms with E-state index in [2.05, 4.69) is 40.9 Å². The van der Waals surface area contributed by atoms with Gasteiger partial charge in [0.2, 0.25) is 0 Å². The first-order valence-corrected chi connectivity index (χ1v) is 8.53. The lowest BCUT2D eigenvalue weighted by molar-refractivity contribution is 0.0954. The first-order chi connectivity index (χ1) is 12.7. The summed E-state index contributed by atoms with van der Waals surface area (Å²) in [4.78, 5) is 12.4. The number of rotatable bonds is 3. The second-order valence-electron chi connectivity index (χ2n) is 6.25. The van der Waals surface area contributed by atoms with E-state index in [1.165, 1.54) is 0 Å². The number of hydrogen-bond donors (Lipinski definition) is 1. The number of hydrazone groups is 1. The van der Waals surface area contributed by atoms with Crippen molar-refractivity contribution in [2.75, 3.05) is 0 Å². The fourth-order valence-corrected chi connectivity index (χ4v) is 3.23. The van der Waals surface area contributed by atoms with Gasteiger partial charge in [-0.1, -0.05) is 66.7 Å². The van der Waals surface area contributed by atoms with Crippen molar-refractivity contribution < 1.29 is 4.79 Å². The lowest BCUT2D eigenvalue weighted by Crippen LogP contribution is -2.18. The molecule has 1 N–H and O–H groups in total. The van der Waals surface area contributed by atoms with Crippen molar-refractivity contribution in [3.8, 4) is 0 Å². The average Bonchev–Trinajstić information content (AvgIpc) is 2.67. The molecule has 0 spiro atoms. The molecule has 0 aromatic heterocycles. The average molecular weight is 338 g/mol. The maximum atomic E-state index is 12.4. The van der Waals surface area contributed by atoms with Crippen molar-refractivity contribution in [3.63, 3.8) is 0 Å². The molecule has 0 radical (unpaired) electrons. The van der Waals surface area contributed by atoms with Crippen LogP contribution in [0.25, 0.3) is 21.5 Å². The van der Waals surface area contributed by atoms with Crippen LogP contribution in [0.3, 0.4) is 0 Å². The van der Waals surface area contributed by atoms with E-state index in [0.717, 1.165) is 32.7 Å². The monoisotopic (exact) mass is 338 g/mol. The van der Waals surface area contributed by atoms with E-state index in [0.29, 0.717) is 5.56 Å². The predicted octanol–water partition coefficient (Wildman–Crippen LogP) is 5.07. The van der Waals surface area contributed by atoms with E-state index >= 15 is 0 Å². The zero-order valence-corrected chi connectivity index (χ0v) is 14.4. The number of fused-ring (bicyclic) bond motifs is 2. The van der Waals surface area contributed by atoms with Crippen LogP contribution in [0.15, 0.2) is 84.0 Å². The van der Waals surface area contributed by atoms with Gasteiger partial charge in [-0.05, 0) is 46.2 Å². The Morgan fingerprint density at radius 3 is 2.08 bits per heavy atom. The minimum Gasteiger partial charge on any atom is -0.267 e. The topological polar surface area (TPSA) is 41.5 Å². The Hall–Kier alpha value is -3.46. The summed E-state index contributed by atoms with van der Waals surface area (Å²) in [5.74, 6) is -0.205. The zero-order valence-electron chi connectivity index (χ0n) is 14.4. The second kappa shape index (κ2) is 6.81. The largest absolute Gasteiger partial charge is 0.271 e. The molecule has 0 heterocycles. The van der Waals surface area contributed by atoms with Crippen molar-refractivity contribution in [2.45, 2.75) is 6.92 Å². The number of carbonyl (C=O) groups is 1. The van der Waals surface area contributed by atoms with Gasteiger partial charge in [0.05, 0.1) is 6.21 Å². The van der Waals surface area contributed by atoms with Gasteiger partial charge in [-0.2, -0.15) is 5.10 Å². The molecule has 0 fully saturated rings. The highest BCUT2D eigenvalue weighted by atomic mass is 16.2. The molecule has 3 heteroatoms. The van der Waals surface area contributed by atoms with Crippen LogP contribution < -0.4 is 5.43 Å². The Kier molecular flexibility index (Phi) is 4.20. The SMILES string of the molecule is Cc1ccccc1C(=O)N/N=C/c1c2ccccc2cc2ccccc12. The van der Waals surface area contributed by atoms with Crippen molar-refractivity contribution in [2.24, 2.45) is 5.10 Å². The highest BCUT2D eigenvalue weighted by Crippen LogP contribution is 2.27. The molecule has 126 valence electrons. The number of nitrogens with one attached hydrogen (secondary N) is 1. The van der Waals surface area contributed by atoms with Gasteiger partial charge in [0.25, 0.3) is 5.91 Å². The molecule has 0 aliphatic heterocycles. The molecule has 0 aliphatic carbocycles. The quantitative estimate of drug-likeness (QED) is 0.316. The number of benzene rings is 4. The first-order valence-electron chi connectivity index (χ1n) is 8.53. The number of hydrogen-bond acceptors (Lipinski definition) is 2. The maximum absolute atomic E-state index is 12.4. The van der Waals surface area contributed by atoms with E-state index in [-0.39, 0.29) is 5.91 Å². The van der Waals surface area contributed by atoms with Crippen LogP contribution in [0.2, 0.25) is 0 Å². The highest BCUT2D eigenvalue weighted by Gasteiger charge is 2.08. The summed E-state index contributed by atoms with van der Waals surface area (Å²) >= 11 is 0. The van der Waals surface area contributed by atoms with Crippen LogP contribution in [0.5, 0.6) is 0 Å². The zero-order chi connectivity index (χ0) is 17.9. The molecule has 0 saturated heterocycles. The second-order valence-corrected chi connectivity index (χ2v) is 6.25. The van der Waals surface area contributed by atoms with Crippen LogP contribution in [0.1, 0.15) is 21.5 Å². The molecule has 3 nitrogen and oxygen atoms in total. The first kappa shape index (κ1) is 16.0. The Labute approximate surface area is 152 Å². The van der Waals surface area contributed by atoms with Gasteiger partial charge >= 0.3 is 0 Å². The minimum absolute atomic E-state index is 0.205. The van der Waals surface area contributed by atoms with Gasteiger partial charge in [0.15, 0.2) is 0 Å². The van der Waals surface area contributed by atoms with Crippen LogP contribution in [0, 0.1) is 6.92 Å². The van der Waals surface area contributed by atoms with Crippen LogP contribution in [0.4, 0.5) is 0 Å². The van der Waals surface area contributed by atoms with E-state index in [9.17, 15) is 4.79 Å². The number of amides is 1. The summed E-state index contributed by atoms with van der Waals surface area (Å²) < 4.78 is 0. The molecule has 0 unspecified atom stereocenters. The Balaban J connectivity index is 1.73. The smallest absolute Gasteiger partial charge is 0.267 e. The maximum Gasteiger partial charge on any atom is 0.271 e. The summed E-state index contributed by atoms with van der Waals surface area (Å²) in [5, 5.41) is 8.76. The summed E-state index contributed by atoms with van der Waals surface area (Å²) in [6.07, 6.45) is 1.74. The molecular formula is C23H18N2O. The Morgan fingerprint density at radius 1 is 0.846 bits per heavy atom. The molecular weight excluding hydrogens is 320 g/mol. The highest BCUT2D eigenvalue weighted by molar-refractivity contribution is 6.13. The summed E-state index contributed by atoms with van der Waals surface area (Å²) in [6.45, 7) is 1.91. The Bertz CT molecular complexity index is 1090. The van der Waals surface area contributed by atoms with Gasteiger partial charge < -0.3 is 0 Å². The van der Waals surface area contributed by atoms with E-state index < -0.39 is 0 Å². The van der Waals surface area contributed by atoms with Crippen molar-refractivity contribution in [1.82, 2.24) is 5.43 Å². The number of carbonyl (C=O) groups excluding carboxylic acids is 1. The van der Waals surface area contributed by atoms with Crippen molar-refractivity contribution in [3.05, 3.63) is 95.6 Å². The molecule has 0 bridgehead atoms. The molecule has 4 aromatic carbocycles. The summed E-state index contributed by atoms with van der Waals surface area (Å²) in [5.41, 5.74) is 5.21. The summed E-state index contributed by atoms with van der Waals surface area (Å²) in [6, 6.07) is 26.1. The molecule has 1 amide bonds. The normalized spacial score (nSPS) is 11.3. The van der Waals surface area contributed by atoms with Gasteiger partial charge in [-0.25, -0.2) is 5.43 Å². The third-order valence-electron chi connectivity index (χ3n) is 4.56. The molecule has 4 rings (SSSR count). The lowest BCUT2D eigenvalue weighted by Gasteiger charge is -2.08. The number of nitrogens with zero attached hydrogens (tertiary/aromatic N) is 1. The third-order valence-corrected chi connectivity index (χ3v) is 4.56. The van der Waals surface area contributed by atoms with E-state index in [1.807, 2.05) is 49.4 Å². The van der Waals surface area contributed by atoms with E-state index in [1.54, 1.807) is 12.3 Å². The Morgan fingerprint density at radius 2 is 1.42 bits per heavy atom. The molecule has 0 aliphatic rings. The predicted molar refractivity (Wildman–Crippen MR) is 108 cm³/mol. The van der Waals surface area contributed by atoms with Gasteiger partial charge in [0, 0.05) is 11.1 Å². The van der Waals surface area contributed by atoms with E-state index in [4.69, 9.17) is 0 Å². The fourth-order valence-electron chi connectivity index (χ4n) is 3.23. The van der Waals surface area contributed by atoms with Crippen LogP contribution in [-0.4, -0.2) is 12.1 Å². The van der Waals surface area contributed by atoms with Gasteiger partial charge in [-0.3, -0.25) is 4.79 Å². The van der Waals surface area contributed by atoms with Crippen LogP contribution >= 0.6 is 0 Å². The van der Waals surface area contributed by atoms with Crippen LogP contribution in [-0.2, 0) is 0 Å². The molecule has 26 heavy (non-hydrogen) atoms. The lowest BCUT2D eigenvalue weighted by atomic mass is 9.97. The third kappa shape index (κ3) is 2.95. The number of aryl methyl sites for hydroxylation is 1. The minimum atomic E-state index is -0.205. The molecule has 0 atom stereocenters. The van der Waals surface area contributed by atoms with Crippen molar-refractivity contribution >= 4 is 33.7 Å². The van der Waals surface area contributed by atoms with Crippen molar-refractivity contribution in [1.29, 1.82) is 0 Å². The van der Waals surface area contributed by atoms with Gasteiger partial charge in [-0.15, -0.1) is 0 Å². The van der Waals surface area contributed by atoms with Gasteiger partial charge in [0.1, 0.15) is 0 Å². The summed E-state index contributed by atoms with van der Waals surface area (Å²) in [7, 11) is 0. The fraction of sp³-hybridized carbons (Fsp3) is 0.0435.